The number of H-pyrrole nitrogens is 1. The van der Waals surface area contributed by atoms with Crippen molar-refractivity contribution in [1.29, 1.82) is 0 Å². The Morgan fingerprint density at radius 1 is 1.32 bits per heavy atom. The quantitative estimate of drug-likeness (QED) is 0.944. The lowest BCUT2D eigenvalue weighted by Crippen LogP contribution is -2.36. The molecule has 1 aliphatic rings. The van der Waals surface area contributed by atoms with Crippen molar-refractivity contribution in [2.45, 2.75) is 25.8 Å². The molecule has 0 bridgehead atoms. The van der Waals surface area contributed by atoms with E-state index >= 15 is 0 Å². The fourth-order valence-corrected chi connectivity index (χ4v) is 3.13. The molecule has 1 saturated heterocycles. The minimum atomic E-state index is -0.0206. The zero-order valence-corrected chi connectivity index (χ0v) is 13.2. The van der Waals surface area contributed by atoms with Crippen LogP contribution in [-0.2, 0) is 0 Å². The van der Waals surface area contributed by atoms with E-state index in [1.54, 1.807) is 7.11 Å². The average molecular weight is 301 g/mol. The van der Waals surface area contributed by atoms with Crippen LogP contribution >= 0.6 is 0 Å². The predicted molar refractivity (Wildman–Crippen MR) is 87.4 cm³/mol. The summed E-state index contributed by atoms with van der Waals surface area (Å²) in [6.45, 7) is 5.40. The standard InChI is InChI=1S/C17H23N3O2/c1-3-19-9-7-14(8-10-19)20-12-16(18-17(20)21)13-5-4-6-15(11-13)22-2/h4-6,11-12,14H,3,7-10H2,1-2H3,(H,18,21). The predicted octanol–water partition coefficient (Wildman–Crippen LogP) is 2.51. The molecule has 22 heavy (non-hydrogen) atoms. The van der Waals surface area contributed by atoms with Crippen LogP contribution in [0.15, 0.2) is 35.3 Å². The van der Waals surface area contributed by atoms with Crippen LogP contribution in [0.3, 0.4) is 0 Å². The molecular formula is C17H23N3O2. The molecule has 5 nitrogen and oxygen atoms in total. The van der Waals surface area contributed by atoms with Crippen molar-refractivity contribution in [3.63, 3.8) is 0 Å². The maximum Gasteiger partial charge on any atom is 0.326 e. The van der Waals surface area contributed by atoms with E-state index in [1.165, 1.54) is 0 Å². The minimum Gasteiger partial charge on any atom is -0.497 e. The topological polar surface area (TPSA) is 50.3 Å². The summed E-state index contributed by atoms with van der Waals surface area (Å²) in [4.78, 5) is 17.7. The SMILES string of the molecule is CCN1CCC(n2cc(-c3cccc(OC)c3)[nH]c2=O)CC1. The summed E-state index contributed by atoms with van der Waals surface area (Å²) in [6.07, 6.45) is 4.01. The van der Waals surface area contributed by atoms with Crippen molar-refractivity contribution in [2.75, 3.05) is 26.7 Å². The number of aromatic nitrogens is 2. The van der Waals surface area contributed by atoms with Gasteiger partial charge in [0.1, 0.15) is 5.75 Å². The van der Waals surface area contributed by atoms with Crippen molar-refractivity contribution in [1.82, 2.24) is 14.5 Å². The van der Waals surface area contributed by atoms with Gasteiger partial charge in [-0.3, -0.25) is 4.57 Å². The number of ether oxygens (including phenoxy) is 1. The Labute approximate surface area is 130 Å². The van der Waals surface area contributed by atoms with Crippen LogP contribution in [0, 0.1) is 0 Å². The Kier molecular flexibility index (Phi) is 4.34. The molecule has 1 aromatic carbocycles. The maximum atomic E-state index is 12.3. The first-order valence-corrected chi connectivity index (χ1v) is 7.89. The second-order valence-electron chi connectivity index (χ2n) is 5.78. The highest BCUT2D eigenvalue weighted by Gasteiger charge is 2.21. The van der Waals surface area contributed by atoms with Crippen LogP contribution in [0.2, 0.25) is 0 Å². The van der Waals surface area contributed by atoms with Crippen molar-refractivity contribution < 1.29 is 4.74 Å². The van der Waals surface area contributed by atoms with Crippen LogP contribution in [0.5, 0.6) is 5.75 Å². The van der Waals surface area contributed by atoms with Crippen LogP contribution in [-0.4, -0.2) is 41.2 Å². The van der Waals surface area contributed by atoms with Crippen molar-refractivity contribution in [3.8, 4) is 17.0 Å². The summed E-state index contributed by atoms with van der Waals surface area (Å²) in [5, 5.41) is 0. The van der Waals surface area contributed by atoms with Crippen molar-refractivity contribution in [3.05, 3.63) is 40.9 Å². The van der Waals surface area contributed by atoms with Crippen LogP contribution in [0.1, 0.15) is 25.8 Å². The number of likely N-dealkylation sites (tertiary alicyclic amines) is 1. The number of rotatable bonds is 4. The van der Waals surface area contributed by atoms with Gasteiger partial charge < -0.3 is 14.6 Å². The van der Waals surface area contributed by atoms with Crippen molar-refractivity contribution >= 4 is 0 Å². The fourth-order valence-electron chi connectivity index (χ4n) is 3.13. The Morgan fingerprint density at radius 3 is 2.77 bits per heavy atom. The van der Waals surface area contributed by atoms with Gasteiger partial charge in [-0.15, -0.1) is 0 Å². The summed E-state index contributed by atoms with van der Waals surface area (Å²) in [5.74, 6) is 0.794. The van der Waals surface area contributed by atoms with Gasteiger partial charge in [-0.05, 0) is 31.5 Å². The Bertz CT molecular complexity index is 681. The van der Waals surface area contributed by atoms with Crippen LogP contribution < -0.4 is 10.4 Å². The van der Waals surface area contributed by atoms with E-state index in [-0.39, 0.29) is 5.69 Å². The van der Waals surface area contributed by atoms with E-state index in [1.807, 2.05) is 35.0 Å². The van der Waals surface area contributed by atoms with Crippen molar-refractivity contribution in [2.24, 2.45) is 0 Å². The van der Waals surface area contributed by atoms with Crippen LogP contribution in [0.4, 0.5) is 0 Å². The van der Waals surface area contributed by atoms with E-state index in [2.05, 4.69) is 16.8 Å². The summed E-state index contributed by atoms with van der Waals surface area (Å²) >= 11 is 0. The monoisotopic (exact) mass is 301 g/mol. The van der Waals surface area contributed by atoms with Gasteiger partial charge in [0.15, 0.2) is 0 Å². The highest BCUT2D eigenvalue weighted by atomic mass is 16.5. The van der Waals surface area contributed by atoms with Gasteiger partial charge in [0.2, 0.25) is 0 Å². The lowest BCUT2D eigenvalue weighted by Gasteiger charge is -2.31. The van der Waals surface area contributed by atoms with Gasteiger partial charge in [0.25, 0.3) is 0 Å². The van der Waals surface area contributed by atoms with E-state index < -0.39 is 0 Å². The Hall–Kier alpha value is -2.01. The zero-order chi connectivity index (χ0) is 15.5. The number of piperidine rings is 1. The second kappa shape index (κ2) is 6.40. The number of nitrogens with zero attached hydrogens (tertiary/aromatic N) is 2. The molecule has 5 heteroatoms. The molecule has 3 rings (SSSR count). The zero-order valence-electron chi connectivity index (χ0n) is 13.2. The molecule has 2 heterocycles. The first-order valence-electron chi connectivity index (χ1n) is 7.89. The molecule has 0 aliphatic carbocycles. The minimum absolute atomic E-state index is 0.0206. The van der Waals surface area contributed by atoms with Gasteiger partial charge in [0, 0.05) is 30.9 Å². The fraction of sp³-hybridized carbons (Fsp3) is 0.471. The highest BCUT2D eigenvalue weighted by Crippen LogP contribution is 2.25. The number of hydrogen-bond donors (Lipinski definition) is 1. The first kappa shape index (κ1) is 14.9. The third kappa shape index (κ3) is 2.95. The summed E-state index contributed by atoms with van der Waals surface area (Å²) < 4.78 is 7.11. The van der Waals surface area contributed by atoms with E-state index in [0.29, 0.717) is 6.04 Å². The molecular weight excluding hydrogens is 278 g/mol. The van der Waals surface area contributed by atoms with Gasteiger partial charge >= 0.3 is 5.69 Å². The van der Waals surface area contributed by atoms with E-state index in [4.69, 9.17) is 4.74 Å². The molecule has 0 atom stereocenters. The summed E-state index contributed by atoms with van der Waals surface area (Å²) in [5.41, 5.74) is 1.80. The average Bonchev–Trinajstić information content (AvgIpc) is 2.97. The number of aromatic amines is 1. The lowest BCUT2D eigenvalue weighted by atomic mass is 10.1. The molecule has 1 aromatic heterocycles. The number of hydrogen-bond acceptors (Lipinski definition) is 3. The molecule has 0 spiro atoms. The molecule has 0 amide bonds. The molecule has 1 N–H and O–H groups in total. The summed E-state index contributed by atoms with van der Waals surface area (Å²) in [7, 11) is 1.65. The second-order valence-corrected chi connectivity index (χ2v) is 5.78. The first-order chi connectivity index (χ1) is 10.7. The van der Waals surface area contributed by atoms with Gasteiger partial charge in [-0.1, -0.05) is 19.1 Å². The largest absolute Gasteiger partial charge is 0.497 e. The number of benzene rings is 1. The highest BCUT2D eigenvalue weighted by molar-refractivity contribution is 5.60. The lowest BCUT2D eigenvalue weighted by molar-refractivity contribution is 0.193. The molecule has 1 aliphatic heterocycles. The molecule has 2 aromatic rings. The number of imidazole rings is 1. The number of methoxy groups -OCH3 is 1. The molecule has 0 saturated carbocycles. The third-order valence-corrected chi connectivity index (χ3v) is 4.52. The molecule has 0 unspecified atom stereocenters. The normalized spacial score (nSPS) is 16.8. The molecule has 118 valence electrons. The number of nitrogens with one attached hydrogen (secondary N) is 1. The maximum absolute atomic E-state index is 12.3. The smallest absolute Gasteiger partial charge is 0.326 e. The third-order valence-electron chi connectivity index (χ3n) is 4.52. The van der Waals surface area contributed by atoms with Crippen LogP contribution in [0.25, 0.3) is 11.3 Å². The van der Waals surface area contributed by atoms with Gasteiger partial charge in [-0.25, -0.2) is 4.79 Å². The van der Waals surface area contributed by atoms with Gasteiger partial charge in [0.05, 0.1) is 12.8 Å². The Morgan fingerprint density at radius 2 is 2.09 bits per heavy atom. The molecule has 1 fully saturated rings. The van der Waals surface area contributed by atoms with E-state index in [0.717, 1.165) is 49.5 Å². The summed E-state index contributed by atoms with van der Waals surface area (Å²) in [6, 6.07) is 8.06. The van der Waals surface area contributed by atoms with Gasteiger partial charge in [-0.2, -0.15) is 0 Å². The molecule has 0 radical (unpaired) electrons. The Balaban J connectivity index is 1.83. The van der Waals surface area contributed by atoms with E-state index in [9.17, 15) is 4.79 Å².